The molecular formula is C23H36IN5O. The van der Waals surface area contributed by atoms with E-state index in [0.29, 0.717) is 12.5 Å². The molecule has 1 aromatic carbocycles. The fourth-order valence-corrected chi connectivity index (χ4v) is 3.99. The lowest BCUT2D eigenvalue weighted by Gasteiger charge is -2.17. The van der Waals surface area contributed by atoms with E-state index in [-0.39, 0.29) is 24.0 Å². The number of aliphatic imine (C=N–C) groups is 1. The average Bonchev–Trinajstić information content (AvgIpc) is 3.39. The van der Waals surface area contributed by atoms with Crippen LogP contribution in [0.1, 0.15) is 42.8 Å². The van der Waals surface area contributed by atoms with Crippen molar-refractivity contribution in [2.24, 2.45) is 10.9 Å². The topological polar surface area (TPSA) is 65.7 Å². The summed E-state index contributed by atoms with van der Waals surface area (Å²) in [6.07, 6.45) is 4.11. The minimum absolute atomic E-state index is 0. The van der Waals surface area contributed by atoms with Gasteiger partial charge in [-0.3, -0.25) is 4.99 Å². The third-order valence-electron chi connectivity index (χ3n) is 5.75. The molecule has 166 valence electrons. The van der Waals surface area contributed by atoms with Crippen molar-refractivity contribution < 1.29 is 4.52 Å². The zero-order valence-corrected chi connectivity index (χ0v) is 20.8. The van der Waals surface area contributed by atoms with Crippen molar-refractivity contribution in [3.05, 3.63) is 52.9 Å². The Morgan fingerprint density at radius 1 is 1.20 bits per heavy atom. The number of guanidine groups is 1. The van der Waals surface area contributed by atoms with E-state index >= 15 is 0 Å². The van der Waals surface area contributed by atoms with Crippen LogP contribution in [0.5, 0.6) is 0 Å². The summed E-state index contributed by atoms with van der Waals surface area (Å²) in [6.45, 7) is 9.34. The van der Waals surface area contributed by atoms with Gasteiger partial charge in [0.05, 0.1) is 5.69 Å². The number of aromatic nitrogens is 1. The maximum Gasteiger partial charge on any atom is 0.191 e. The third kappa shape index (κ3) is 6.97. The molecule has 1 aliphatic heterocycles. The maximum atomic E-state index is 5.45. The summed E-state index contributed by atoms with van der Waals surface area (Å²) in [5.74, 6) is 2.48. The lowest BCUT2D eigenvalue weighted by atomic mass is 10.1. The van der Waals surface area contributed by atoms with Crippen molar-refractivity contribution in [2.45, 2.75) is 46.1 Å². The van der Waals surface area contributed by atoms with Gasteiger partial charge in [-0.05, 0) is 37.3 Å². The second-order valence-corrected chi connectivity index (χ2v) is 7.74. The number of rotatable bonds is 9. The first-order chi connectivity index (χ1) is 14.2. The van der Waals surface area contributed by atoms with Crippen LogP contribution in [0.25, 0.3) is 0 Å². The number of halogens is 1. The van der Waals surface area contributed by atoms with Crippen LogP contribution in [-0.2, 0) is 25.8 Å². The predicted octanol–water partition coefficient (Wildman–Crippen LogP) is 3.65. The van der Waals surface area contributed by atoms with E-state index in [0.717, 1.165) is 56.3 Å². The molecule has 2 N–H and O–H groups in total. The van der Waals surface area contributed by atoms with Gasteiger partial charge in [0.2, 0.25) is 0 Å². The first-order valence-corrected chi connectivity index (χ1v) is 10.9. The summed E-state index contributed by atoms with van der Waals surface area (Å²) in [4.78, 5) is 6.96. The summed E-state index contributed by atoms with van der Waals surface area (Å²) in [6, 6.07) is 10.8. The Hall–Kier alpha value is -1.61. The quantitative estimate of drug-likeness (QED) is 0.297. The Bertz CT molecular complexity index is 756. The molecule has 0 spiro atoms. The second kappa shape index (κ2) is 12.9. The van der Waals surface area contributed by atoms with Gasteiger partial charge in [0.1, 0.15) is 5.76 Å². The van der Waals surface area contributed by atoms with E-state index in [9.17, 15) is 0 Å². The Morgan fingerprint density at radius 2 is 2.00 bits per heavy atom. The van der Waals surface area contributed by atoms with Gasteiger partial charge < -0.3 is 20.1 Å². The fraction of sp³-hybridized carbons (Fsp3) is 0.565. The first-order valence-electron chi connectivity index (χ1n) is 10.9. The minimum Gasteiger partial charge on any atom is -0.361 e. The Kier molecular flexibility index (Phi) is 10.6. The van der Waals surface area contributed by atoms with Crippen molar-refractivity contribution >= 4 is 29.9 Å². The van der Waals surface area contributed by atoms with Crippen molar-refractivity contribution in [2.75, 3.05) is 33.2 Å². The summed E-state index contributed by atoms with van der Waals surface area (Å²) < 4.78 is 5.45. The van der Waals surface area contributed by atoms with Crippen LogP contribution < -0.4 is 10.6 Å². The number of aryl methyl sites for hydroxylation is 2. The highest BCUT2D eigenvalue weighted by Gasteiger charge is 2.22. The molecule has 3 rings (SSSR count). The molecular weight excluding hydrogens is 489 g/mol. The van der Waals surface area contributed by atoms with E-state index in [2.05, 4.69) is 69.9 Å². The molecule has 0 amide bonds. The van der Waals surface area contributed by atoms with E-state index in [4.69, 9.17) is 4.52 Å². The molecule has 1 unspecified atom stereocenters. The third-order valence-corrected chi connectivity index (χ3v) is 5.75. The van der Waals surface area contributed by atoms with Gasteiger partial charge in [0.25, 0.3) is 0 Å². The van der Waals surface area contributed by atoms with Crippen molar-refractivity contribution in [3.63, 3.8) is 0 Å². The molecule has 1 saturated heterocycles. The maximum absolute atomic E-state index is 5.45. The highest BCUT2D eigenvalue weighted by atomic mass is 127. The molecule has 30 heavy (non-hydrogen) atoms. The zero-order chi connectivity index (χ0) is 20.5. The molecule has 1 atom stereocenters. The summed E-state index contributed by atoms with van der Waals surface area (Å²) >= 11 is 0. The smallest absolute Gasteiger partial charge is 0.191 e. The number of nitrogens with zero attached hydrogens (tertiary/aromatic N) is 3. The number of hydrogen-bond donors (Lipinski definition) is 2. The van der Waals surface area contributed by atoms with Gasteiger partial charge in [0, 0.05) is 45.2 Å². The first kappa shape index (κ1) is 24.7. The average molecular weight is 525 g/mol. The van der Waals surface area contributed by atoms with Crippen LogP contribution in [0.3, 0.4) is 0 Å². The minimum atomic E-state index is 0. The Labute approximate surface area is 197 Å². The highest BCUT2D eigenvalue weighted by molar-refractivity contribution is 14.0. The standard InChI is InChI=1S/C23H35N5O.HI/c1-4-21-20(22(5-2)29-27-21)16-26-23(24-3)25-15-19-12-14-28(17-19)13-11-18-9-7-6-8-10-18;/h6-10,19H,4-5,11-17H2,1-3H3,(H2,24,25,26);1H. The highest BCUT2D eigenvalue weighted by Crippen LogP contribution is 2.17. The lowest BCUT2D eigenvalue weighted by Crippen LogP contribution is -2.40. The molecule has 1 aromatic heterocycles. The van der Waals surface area contributed by atoms with Crippen LogP contribution in [0.15, 0.2) is 39.8 Å². The largest absolute Gasteiger partial charge is 0.361 e. The number of likely N-dealkylation sites (tertiary alicyclic amines) is 1. The van der Waals surface area contributed by atoms with E-state index in [1.54, 1.807) is 0 Å². The van der Waals surface area contributed by atoms with Gasteiger partial charge in [-0.2, -0.15) is 0 Å². The number of hydrogen-bond acceptors (Lipinski definition) is 4. The molecule has 0 radical (unpaired) electrons. The normalized spacial score (nSPS) is 17.0. The van der Waals surface area contributed by atoms with Crippen LogP contribution in [-0.4, -0.2) is 49.2 Å². The summed E-state index contributed by atoms with van der Waals surface area (Å²) in [5.41, 5.74) is 3.63. The van der Waals surface area contributed by atoms with Gasteiger partial charge in [-0.15, -0.1) is 24.0 Å². The van der Waals surface area contributed by atoms with Crippen LogP contribution in [0.2, 0.25) is 0 Å². The summed E-state index contributed by atoms with van der Waals surface area (Å²) in [7, 11) is 1.82. The molecule has 1 fully saturated rings. The Morgan fingerprint density at radius 3 is 2.70 bits per heavy atom. The molecule has 2 aromatic rings. The summed E-state index contributed by atoms with van der Waals surface area (Å²) in [5, 5.41) is 11.1. The van der Waals surface area contributed by atoms with Crippen LogP contribution in [0, 0.1) is 5.92 Å². The van der Waals surface area contributed by atoms with E-state index in [1.807, 2.05) is 7.05 Å². The Balaban J connectivity index is 0.00000320. The van der Waals surface area contributed by atoms with Gasteiger partial charge in [-0.25, -0.2) is 0 Å². The molecule has 1 aliphatic rings. The van der Waals surface area contributed by atoms with Crippen LogP contribution in [0.4, 0.5) is 0 Å². The zero-order valence-electron chi connectivity index (χ0n) is 18.5. The lowest BCUT2D eigenvalue weighted by molar-refractivity contribution is 0.328. The molecule has 2 heterocycles. The fourth-order valence-electron chi connectivity index (χ4n) is 3.99. The van der Waals surface area contributed by atoms with Crippen molar-refractivity contribution in [1.82, 2.24) is 20.7 Å². The van der Waals surface area contributed by atoms with E-state index in [1.165, 1.54) is 24.1 Å². The van der Waals surface area contributed by atoms with Gasteiger partial charge in [0.15, 0.2) is 5.96 Å². The van der Waals surface area contributed by atoms with E-state index < -0.39 is 0 Å². The number of nitrogens with one attached hydrogen (secondary N) is 2. The van der Waals surface area contributed by atoms with Gasteiger partial charge >= 0.3 is 0 Å². The van der Waals surface area contributed by atoms with Crippen molar-refractivity contribution in [1.29, 1.82) is 0 Å². The second-order valence-electron chi connectivity index (χ2n) is 7.74. The predicted molar refractivity (Wildman–Crippen MR) is 134 cm³/mol. The van der Waals surface area contributed by atoms with Gasteiger partial charge in [-0.1, -0.05) is 49.3 Å². The van der Waals surface area contributed by atoms with Crippen LogP contribution >= 0.6 is 24.0 Å². The molecule has 0 bridgehead atoms. The molecule has 0 aliphatic carbocycles. The monoisotopic (exact) mass is 525 g/mol. The SMILES string of the molecule is CCc1noc(CC)c1CNC(=NC)NCC1CCN(CCc2ccccc2)C1.I. The number of benzene rings is 1. The molecule has 7 heteroatoms. The molecule has 6 nitrogen and oxygen atoms in total. The molecule has 0 saturated carbocycles. The van der Waals surface area contributed by atoms with Crippen molar-refractivity contribution in [3.8, 4) is 0 Å².